The van der Waals surface area contributed by atoms with E-state index in [2.05, 4.69) is 22.3 Å². The lowest BCUT2D eigenvalue weighted by molar-refractivity contribution is 0.0383. The second-order valence-electron chi connectivity index (χ2n) is 5.66. The summed E-state index contributed by atoms with van der Waals surface area (Å²) in [6, 6.07) is 17.9. The van der Waals surface area contributed by atoms with Crippen LogP contribution in [0, 0.1) is 0 Å². The number of carbonyl (C=O) groups excluding carboxylic acids is 1. The summed E-state index contributed by atoms with van der Waals surface area (Å²) < 4.78 is 5.32. The predicted molar refractivity (Wildman–Crippen MR) is 91.5 cm³/mol. The molecule has 0 saturated carbocycles. The molecule has 1 amide bonds. The Kier molecular flexibility index (Phi) is 5.40. The van der Waals surface area contributed by atoms with Crippen molar-refractivity contribution in [1.29, 1.82) is 0 Å². The third-order valence-electron chi connectivity index (χ3n) is 4.05. The molecule has 0 spiro atoms. The number of rotatable bonds is 5. The van der Waals surface area contributed by atoms with Gasteiger partial charge in [0.2, 0.25) is 0 Å². The van der Waals surface area contributed by atoms with Crippen LogP contribution in [-0.2, 0) is 4.74 Å². The number of amides is 1. The highest BCUT2D eigenvalue weighted by Gasteiger charge is 2.11. The summed E-state index contributed by atoms with van der Waals surface area (Å²) in [7, 11) is 0. The summed E-state index contributed by atoms with van der Waals surface area (Å²) in [5.74, 6) is -0.0176. The molecule has 1 aliphatic rings. The topological polar surface area (TPSA) is 41.6 Å². The Balaban J connectivity index is 1.57. The van der Waals surface area contributed by atoms with Gasteiger partial charge in [0.25, 0.3) is 5.91 Å². The lowest BCUT2D eigenvalue weighted by Crippen LogP contribution is -2.41. The Morgan fingerprint density at radius 3 is 2.52 bits per heavy atom. The van der Waals surface area contributed by atoms with E-state index in [1.807, 2.05) is 42.5 Å². The first kappa shape index (κ1) is 15.7. The van der Waals surface area contributed by atoms with Crippen molar-refractivity contribution < 1.29 is 9.53 Å². The van der Waals surface area contributed by atoms with Crippen LogP contribution in [0.15, 0.2) is 54.6 Å². The molecule has 0 bridgehead atoms. The maximum Gasteiger partial charge on any atom is 0.251 e. The van der Waals surface area contributed by atoms with E-state index in [0.717, 1.165) is 44.0 Å². The molecule has 120 valence electrons. The van der Waals surface area contributed by atoms with Gasteiger partial charge in [-0.05, 0) is 23.3 Å². The smallest absolute Gasteiger partial charge is 0.251 e. The molecule has 1 fully saturated rings. The molecule has 0 aliphatic carbocycles. The van der Waals surface area contributed by atoms with Crippen LogP contribution in [0.1, 0.15) is 10.4 Å². The first-order valence-electron chi connectivity index (χ1n) is 8.07. The Morgan fingerprint density at radius 2 is 1.74 bits per heavy atom. The summed E-state index contributed by atoms with van der Waals surface area (Å²) in [6.45, 7) is 4.99. The quantitative estimate of drug-likeness (QED) is 0.922. The van der Waals surface area contributed by atoms with Crippen molar-refractivity contribution in [2.45, 2.75) is 0 Å². The summed E-state index contributed by atoms with van der Waals surface area (Å²) in [6.07, 6.45) is 0. The number of nitrogens with one attached hydrogen (secondary N) is 1. The Bertz CT molecular complexity index is 637. The minimum Gasteiger partial charge on any atom is -0.379 e. The van der Waals surface area contributed by atoms with Gasteiger partial charge in [-0.1, -0.05) is 42.5 Å². The first-order chi connectivity index (χ1) is 11.3. The molecule has 4 nitrogen and oxygen atoms in total. The van der Waals surface area contributed by atoms with Crippen molar-refractivity contribution in [1.82, 2.24) is 10.2 Å². The second kappa shape index (κ2) is 7.90. The van der Waals surface area contributed by atoms with Gasteiger partial charge in [-0.15, -0.1) is 0 Å². The number of hydrogen-bond acceptors (Lipinski definition) is 3. The number of morpholine rings is 1. The van der Waals surface area contributed by atoms with Crippen molar-refractivity contribution in [3.05, 3.63) is 60.2 Å². The van der Waals surface area contributed by atoms with Gasteiger partial charge >= 0.3 is 0 Å². The van der Waals surface area contributed by atoms with Gasteiger partial charge in [0, 0.05) is 31.7 Å². The van der Waals surface area contributed by atoms with E-state index in [4.69, 9.17) is 4.74 Å². The molecule has 0 atom stereocenters. The molecule has 2 aromatic carbocycles. The molecular weight excluding hydrogens is 288 g/mol. The highest BCUT2D eigenvalue weighted by Crippen LogP contribution is 2.19. The summed E-state index contributed by atoms with van der Waals surface area (Å²) in [4.78, 5) is 14.6. The number of hydrogen-bond donors (Lipinski definition) is 1. The van der Waals surface area contributed by atoms with Crippen molar-refractivity contribution in [3.8, 4) is 11.1 Å². The normalized spacial score (nSPS) is 15.3. The van der Waals surface area contributed by atoms with Crippen molar-refractivity contribution in [2.24, 2.45) is 0 Å². The number of carbonyl (C=O) groups is 1. The molecule has 1 aliphatic heterocycles. The zero-order valence-electron chi connectivity index (χ0n) is 13.2. The average molecular weight is 310 g/mol. The summed E-state index contributed by atoms with van der Waals surface area (Å²) >= 11 is 0. The SMILES string of the molecule is O=C(NCCN1CCOCC1)c1cccc(-c2ccccc2)c1. The standard InChI is InChI=1S/C19H22N2O2/c22-19(20-9-10-21-11-13-23-14-12-21)18-8-4-7-17(15-18)16-5-2-1-3-6-16/h1-8,15H,9-14H2,(H,20,22). The molecule has 0 unspecified atom stereocenters. The summed E-state index contributed by atoms with van der Waals surface area (Å²) in [5.41, 5.74) is 2.88. The lowest BCUT2D eigenvalue weighted by Gasteiger charge is -2.26. The molecule has 2 aromatic rings. The van der Waals surface area contributed by atoms with Gasteiger partial charge in [0.1, 0.15) is 0 Å². The minimum absolute atomic E-state index is 0.0176. The van der Waals surface area contributed by atoms with E-state index in [1.54, 1.807) is 0 Å². The molecule has 0 aromatic heterocycles. The lowest BCUT2D eigenvalue weighted by atomic mass is 10.0. The zero-order chi connectivity index (χ0) is 15.9. The fraction of sp³-hybridized carbons (Fsp3) is 0.316. The Morgan fingerprint density at radius 1 is 1.00 bits per heavy atom. The van der Waals surface area contributed by atoms with E-state index in [1.165, 1.54) is 0 Å². The van der Waals surface area contributed by atoms with E-state index >= 15 is 0 Å². The van der Waals surface area contributed by atoms with Crippen molar-refractivity contribution >= 4 is 5.91 Å². The van der Waals surface area contributed by atoms with Crippen molar-refractivity contribution in [2.75, 3.05) is 39.4 Å². The third-order valence-corrected chi connectivity index (χ3v) is 4.05. The maximum atomic E-state index is 12.3. The molecular formula is C19H22N2O2. The van der Waals surface area contributed by atoms with Gasteiger partial charge in [0.15, 0.2) is 0 Å². The molecule has 1 saturated heterocycles. The van der Waals surface area contributed by atoms with Crippen LogP contribution < -0.4 is 5.32 Å². The summed E-state index contributed by atoms with van der Waals surface area (Å²) in [5, 5.41) is 3.00. The highest BCUT2D eigenvalue weighted by molar-refractivity contribution is 5.95. The largest absolute Gasteiger partial charge is 0.379 e. The second-order valence-corrected chi connectivity index (χ2v) is 5.66. The van der Waals surface area contributed by atoms with Gasteiger partial charge in [-0.3, -0.25) is 9.69 Å². The minimum atomic E-state index is -0.0176. The molecule has 4 heteroatoms. The van der Waals surface area contributed by atoms with Gasteiger partial charge in [-0.2, -0.15) is 0 Å². The van der Waals surface area contributed by atoms with Gasteiger partial charge < -0.3 is 10.1 Å². The van der Waals surface area contributed by atoms with E-state index < -0.39 is 0 Å². The first-order valence-corrected chi connectivity index (χ1v) is 8.07. The highest BCUT2D eigenvalue weighted by atomic mass is 16.5. The molecule has 1 N–H and O–H groups in total. The van der Waals surface area contributed by atoms with E-state index in [9.17, 15) is 4.79 Å². The molecule has 0 radical (unpaired) electrons. The molecule has 23 heavy (non-hydrogen) atoms. The third kappa shape index (κ3) is 4.41. The van der Waals surface area contributed by atoms with E-state index in [0.29, 0.717) is 12.1 Å². The zero-order valence-corrected chi connectivity index (χ0v) is 13.2. The maximum absolute atomic E-state index is 12.3. The van der Waals surface area contributed by atoms with Crippen LogP contribution >= 0.6 is 0 Å². The van der Waals surface area contributed by atoms with Crippen LogP contribution in [0.5, 0.6) is 0 Å². The molecule has 1 heterocycles. The van der Waals surface area contributed by atoms with Crippen molar-refractivity contribution in [3.63, 3.8) is 0 Å². The number of benzene rings is 2. The molecule has 3 rings (SSSR count). The Labute approximate surface area is 137 Å². The van der Waals surface area contributed by atoms with Gasteiger partial charge in [0.05, 0.1) is 13.2 Å². The van der Waals surface area contributed by atoms with Gasteiger partial charge in [-0.25, -0.2) is 0 Å². The Hall–Kier alpha value is -2.17. The fourth-order valence-corrected chi connectivity index (χ4v) is 2.72. The van der Waals surface area contributed by atoms with Crippen LogP contribution in [0.2, 0.25) is 0 Å². The number of ether oxygens (including phenoxy) is 1. The predicted octanol–water partition coefficient (Wildman–Crippen LogP) is 2.42. The van der Waals surface area contributed by atoms with Crippen LogP contribution in [0.3, 0.4) is 0 Å². The van der Waals surface area contributed by atoms with Crippen LogP contribution in [0.4, 0.5) is 0 Å². The monoisotopic (exact) mass is 310 g/mol. The van der Waals surface area contributed by atoms with Crippen LogP contribution in [0.25, 0.3) is 11.1 Å². The van der Waals surface area contributed by atoms with E-state index in [-0.39, 0.29) is 5.91 Å². The number of nitrogens with zero attached hydrogens (tertiary/aromatic N) is 1. The average Bonchev–Trinajstić information content (AvgIpc) is 2.63. The fourth-order valence-electron chi connectivity index (χ4n) is 2.72. The van der Waals surface area contributed by atoms with Crippen LogP contribution in [-0.4, -0.2) is 50.2 Å².